The summed E-state index contributed by atoms with van der Waals surface area (Å²) in [7, 11) is 0. The number of hydrogen-bond acceptors (Lipinski definition) is 5. The Bertz CT molecular complexity index is 903. The molecule has 0 bridgehead atoms. The van der Waals surface area contributed by atoms with Gasteiger partial charge in [0.1, 0.15) is 12.3 Å². The van der Waals surface area contributed by atoms with E-state index in [2.05, 4.69) is 28.0 Å². The fourth-order valence-corrected chi connectivity index (χ4v) is 3.51. The molecule has 1 fully saturated rings. The number of nitrogens with one attached hydrogen (secondary N) is 3. The van der Waals surface area contributed by atoms with Gasteiger partial charge in [0.2, 0.25) is 11.8 Å². The Morgan fingerprint density at radius 2 is 1.88 bits per heavy atom. The smallest absolute Gasteiger partial charge is 0.251 e. The van der Waals surface area contributed by atoms with E-state index < -0.39 is 0 Å². The van der Waals surface area contributed by atoms with Crippen molar-refractivity contribution in [3.05, 3.63) is 42.2 Å². The quantitative estimate of drug-likeness (QED) is 0.464. The molecule has 0 saturated heterocycles. The summed E-state index contributed by atoms with van der Waals surface area (Å²) in [6, 6.07) is 7.05. The Labute approximate surface area is 187 Å². The number of amides is 3. The van der Waals surface area contributed by atoms with Crippen LogP contribution in [-0.4, -0.2) is 46.7 Å². The van der Waals surface area contributed by atoms with Crippen LogP contribution in [0.1, 0.15) is 55.8 Å². The Kier molecular flexibility index (Phi) is 8.65. The van der Waals surface area contributed by atoms with Crippen LogP contribution in [0.3, 0.4) is 0 Å². The van der Waals surface area contributed by atoms with E-state index in [1.54, 1.807) is 30.5 Å². The normalized spacial score (nSPS) is 13.5. The molecule has 32 heavy (non-hydrogen) atoms. The third-order valence-corrected chi connectivity index (χ3v) is 5.24. The van der Waals surface area contributed by atoms with Gasteiger partial charge in [-0.1, -0.05) is 26.2 Å². The van der Waals surface area contributed by atoms with Crippen LogP contribution in [0.4, 0.5) is 5.69 Å². The fraction of sp³-hybridized carbons (Fsp3) is 0.478. The highest BCUT2D eigenvalue weighted by Gasteiger charge is 2.17. The first-order valence-corrected chi connectivity index (χ1v) is 11.2. The average molecular weight is 442 g/mol. The SMILES string of the molecule is CCCCOc1ccc(C(=O)NCC(=O)Nc2cnn(CC(=O)NC3CCCC3)c2)cc1. The predicted octanol–water partition coefficient (Wildman–Crippen LogP) is 2.49. The van der Waals surface area contributed by atoms with Crippen LogP contribution in [0.25, 0.3) is 0 Å². The second-order valence-corrected chi connectivity index (χ2v) is 7.93. The van der Waals surface area contributed by atoms with Gasteiger partial charge in [-0.05, 0) is 43.5 Å². The predicted molar refractivity (Wildman–Crippen MR) is 120 cm³/mol. The number of aromatic nitrogens is 2. The maximum Gasteiger partial charge on any atom is 0.251 e. The minimum Gasteiger partial charge on any atom is -0.494 e. The number of ether oxygens (including phenoxy) is 1. The van der Waals surface area contributed by atoms with E-state index in [1.807, 2.05) is 0 Å². The monoisotopic (exact) mass is 441 g/mol. The molecule has 3 N–H and O–H groups in total. The summed E-state index contributed by atoms with van der Waals surface area (Å²) in [5.74, 6) is -0.110. The molecule has 1 heterocycles. The first-order chi connectivity index (χ1) is 15.5. The summed E-state index contributed by atoms with van der Waals surface area (Å²) in [6.07, 6.45) is 9.44. The van der Waals surface area contributed by atoms with Gasteiger partial charge < -0.3 is 20.7 Å². The largest absolute Gasteiger partial charge is 0.494 e. The summed E-state index contributed by atoms with van der Waals surface area (Å²) < 4.78 is 7.05. The molecule has 3 rings (SSSR count). The molecule has 0 atom stereocenters. The van der Waals surface area contributed by atoms with Crippen molar-refractivity contribution in [2.75, 3.05) is 18.5 Å². The zero-order chi connectivity index (χ0) is 22.8. The van der Waals surface area contributed by atoms with Gasteiger partial charge >= 0.3 is 0 Å². The van der Waals surface area contributed by atoms with Crippen molar-refractivity contribution in [1.29, 1.82) is 0 Å². The van der Waals surface area contributed by atoms with E-state index >= 15 is 0 Å². The van der Waals surface area contributed by atoms with Crippen LogP contribution in [0, 0.1) is 0 Å². The van der Waals surface area contributed by atoms with E-state index in [-0.39, 0.29) is 36.9 Å². The molecule has 3 amide bonds. The molecule has 9 nitrogen and oxygen atoms in total. The fourth-order valence-electron chi connectivity index (χ4n) is 3.51. The van der Waals surface area contributed by atoms with E-state index in [9.17, 15) is 14.4 Å². The van der Waals surface area contributed by atoms with Crippen LogP contribution in [0.2, 0.25) is 0 Å². The van der Waals surface area contributed by atoms with Crippen molar-refractivity contribution >= 4 is 23.4 Å². The topological polar surface area (TPSA) is 114 Å². The Balaban J connectivity index is 1.39. The van der Waals surface area contributed by atoms with Crippen LogP contribution in [0.5, 0.6) is 5.75 Å². The molecule has 0 spiro atoms. The van der Waals surface area contributed by atoms with Gasteiger partial charge in [0.15, 0.2) is 0 Å². The van der Waals surface area contributed by atoms with Crippen molar-refractivity contribution in [3.8, 4) is 5.75 Å². The zero-order valence-electron chi connectivity index (χ0n) is 18.4. The second kappa shape index (κ2) is 11.9. The van der Waals surface area contributed by atoms with Gasteiger partial charge in [-0.15, -0.1) is 0 Å². The molecule has 1 aliphatic carbocycles. The second-order valence-electron chi connectivity index (χ2n) is 7.93. The number of carbonyl (C=O) groups is 3. The van der Waals surface area contributed by atoms with E-state index in [1.165, 1.54) is 10.9 Å². The number of rotatable bonds is 11. The minimum atomic E-state index is -0.382. The highest BCUT2D eigenvalue weighted by Crippen LogP contribution is 2.17. The average Bonchev–Trinajstić information content (AvgIpc) is 3.45. The van der Waals surface area contributed by atoms with Crippen molar-refractivity contribution in [3.63, 3.8) is 0 Å². The number of anilines is 1. The summed E-state index contributed by atoms with van der Waals surface area (Å²) >= 11 is 0. The molecule has 2 aromatic rings. The number of unbranched alkanes of at least 4 members (excludes halogenated alkanes) is 1. The zero-order valence-corrected chi connectivity index (χ0v) is 18.4. The Morgan fingerprint density at radius 1 is 1.12 bits per heavy atom. The molecule has 9 heteroatoms. The van der Waals surface area contributed by atoms with Crippen molar-refractivity contribution in [2.45, 2.75) is 58.0 Å². The van der Waals surface area contributed by atoms with Crippen molar-refractivity contribution < 1.29 is 19.1 Å². The lowest BCUT2D eigenvalue weighted by atomic mass is 10.2. The molecule has 1 aromatic heterocycles. The van der Waals surface area contributed by atoms with Crippen LogP contribution in [-0.2, 0) is 16.1 Å². The van der Waals surface area contributed by atoms with Gasteiger partial charge in [0.05, 0.1) is 25.0 Å². The lowest BCUT2D eigenvalue weighted by molar-refractivity contribution is -0.122. The van der Waals surface area contributed by atoms with Crippen LogP contribution in [0.15, 0.2) is 36.7 Å². The van der Waals surface area contributed by atoms with Gasteiger partial charge in [0.25, 0.3) is 5.91 Å². The number of carbonyl (C=O) groups excluding carboxylic acids is 3. The number of nitrogens with zero attached hydrogens (tertiary/aromatic N) is 2. The summed E-state index contributed by atoms with van der Waals surface area (Å²) in [5.41, 5.74) is 0.910. The lowest BCUT2D eigenvalue weighted by Crippen LogP contribution is -2.35. The third kappa shape index (κ3) is 7.40. The molecule has 0 radical (unpaired) electrons. The highest BCUT2D eigenvalue weighted by atomic mass is 16.5. The summed E-state index contributed by atoms with van der Waals surface area (Å²) in [5, 5.41) is 12.4. The lowest BCUT2D eigenvalue weighted by Gasteiger charge is -2.11. The van der Waals surface area contributed by atoms with Crippen LogP contribution < -0.4 is 20.7 Å². The summed E-state index contributed by atoms with van der Waals surface area (Å²) in [6.45, 7) is 2.65. The van der Waals surface area contributed by atoms with Gasteiger partial charge in [-0.2, -0.15) is 5.10 Å². The first-order valence-electron chi connectivity index (χ1n) is 11.2. The standard InChI is InChI=1S/C23H31N5O4/c1-2-3-12-32-20-10-8-17(9-11-20)23(31)24-14-21(29)27-19-13-25-28(15-19)16-22(30)26-18-6-4-5-7-18/h8-11,13,15,18H,2-7,12,14,16H2,1H3,(H,24,31)(H,26,30)(H,27,29). The number of hydrogen-bond donors (Lipinski definition) is 3. The van der Waals surface area contributed by atoms with Gasteiger partial charge in [0, 0.05) is 17.8 Å². The third-order valence-electron chi connectivity index (χ3n) is 5.24. The maximum absolute atomic E-state index is 12.2. The molecular weight excluding hydrogens is 410 g/mol. The van der Waals surface area contributed by atoms with Crippen molar-refractivity contribution in [1.82, 2.24) is 20.4 Å². The van der Waals surface area contributed by atoms with Gasteiger partial charge in [-0.25, -0.2) is 0 Å². The molecule has 0 unspecified atom stereocenters. The Morgan fingerprint density at radius 3 is 2.59 bits per heavy atom. The van der Waals surface area contributed by atoms with Crippen LogP contribution >= 0.6 is 0 Å². The first kappa shape index (κ1) is 23.3. The van der Waals surface area contributed by atoms with E-state index in [0.717, 1.165) is 38.5 Å². The minimum absolute atomic E-state index is 0.0908. The molecule has 172 valence electrons. The summed E-state index contributed by atoms with van der Waals surface area (Å²) in [4.78, 5) is 36.5. The van der Waals surface area contributed by atoms with Gasteiger partial charge in [-0.3, -0.25) is 19.1 Å². The Hall–Kier alpha value is -3.36. The molecule has 0 aliphatic heterocycles. The van der Waals surface area contributed by atoms with E-state index in [0.29, 0.717) is 23.6 Å². The molecule has 1 saturated carbocycles. The number of benzene rings is 1. The maximum atomic E-state index is 12.2. The molecular formula is C23H31N5O4. The van der Waals surface area contributed by atoms with Crippen molar-refractivity contribution in [2.24, 2.45) is 0 Å². The molecule has 1 aromatic carbocycles. The molecule has 1 aliphatic rings. The van der Waals surface area contributed by atoms with E-state index in [4.69, 9.17) is 4.74 Å². The highest BCUT2D eigenvalue weighted by molar-refractivity contribution is 5.99.